The topological polar surface area (TPSA) is 85.4 Å². The van der Waals surface area contributed by atoms with Gasteiger partial charge in [0.1, 0.15) is 17.2 Å². The SMILES string of the molecule is CCCCCNc1nccc(C(=O)Nc2cc(OC)c(Cl)cc2OC)n1. The van der Waals surface area contributed by atoms with Crippen molar-refractivity contribution in [1.29, 1.82) is 0 Å². The van der Waals surface area contributed by atoms with Crippen LogP contribution in [0.2, 0.25) is 5.02 Å². The van der Waals surface area contributed by atoms with Crippen LogP contribution in [0.5, 0.6) is 11.5 Å². The number of aromatic nitrogens is 2. The van der Waals surface area contributed by atoms with E-state index >= 15 is 0 Å². The zero-order valence-corrected chi connectivity index (χ0v) is 15.9. The van der Waals surface area contributed by atoms with E-state index in [0.717, 1.165) is 25.8 Å². The van der Waals surface area contributed by atoms with Gasteiger partial charge >= 0.3 is 0 Å². The number of carbonyl (C=O) groups is 1. The third-order valence-electron chi connectivity index (χ3n) is 3.67. The summed E-state index contributed by atoms with van der Waals surface area (Å²) in [5.41, 5.74) is 0.684. The van der Waals surface area contributed by atoms with Gasteiger partial charge in [-0.05, 0) is 12.5 Å². The van der Waals surface area contributed by atoms with Gasteiger partial charge in [-0.3, -0.25) is 4.79 Å². The number of amides is 1. The maximum absolute atomic E-state index is 12.5. The molecule has 0 saturated heterocycles. The van der Waals surface area contributed by atoms with Gasteiger partial charge < -0.3 is 20.1 Å². The maximum atomic E-state index is 12.5. The number of nitrogens with zero attached hydrogens (tertiary/aromatic N) is 2. The second-order valence-electron chi connectivity index (χ2n) is 5.54. The molecule has 0 aliphatic heterocycles. The number of hydrogen-bond donors (Lipinski definition) is 2. The summed E-state index contributed by atoms with van der Waals surface area (Å²) >= 11 is 6.08. The van der Waals surface area contributed by atoms with Crippen LogP contribution in [0.4, 0.5) is 11.6 Å². The zero-order valence-electron chi connectivity index (χ0n) is 15.1. The summed E-state index contributed by atoms with van der Waals surface area (Å²) in [5, 5.41) is 6.28. The van der Waals surface area contributed by atoms with Crippen LogP contribution in [0.3, 0.4) is 0 Å². The second kappa shape index (κ2) is 9.82. The van der Waals surface area contributed by atoms with Crippen molar-refractivity contribution in [3.8, 4) is 11.5 Å². The lowest BCUT2D eigenvalue weighted by Gasteiger charge is -2.13. The van der Waals surface area contributed by atoms with Crippen LogP contribution in [-0.4, -0.2) is 36.6 Å². The van der Waals surface area contributed by atoms with Gasteiger partial charge in [-0.1, -0.05) is 31.4 Å². The Morgan fingerprint density at radius 1 is 1.19 bits per heavy atom. The van der Waals surface area contributed by atoms with Gasteiger partial charge in [0.25, 0.3) is 5.91 Å². The number of nitrogens with one attached hydrogen (secondary N) is 2. The number of methoxy groups -OCH3 is 2. The highest BCUT2D eigenvalue weighted by atomic mass is 35.5. The van der Waals surface area contributed by atoms with Crippen molar-refractivity contribution >= 4 is 29.1 Å². The van der Waals surface area contributed by atoms with Crippen molar-refractivity contribution in [2.24, 2.45) is 0 Å². The van der Waals surface area contributed by atoms with Crippen LogP contribution in [0.25, 0.3) is 0 Å². The molecule has 140 valence electrons. The molecule has 0 atom stereocenters. The lowest BCUT2D eigenvalue weighted by Crippen LogP contribution is -2.16. The van der Waals surface area contributed by atoms with Crippen molar-refractivity contribution in [2.75, 3.05) is 31.4 Å². The molecule has 0 unspecified atom stereocenters. The predicted octanol–water partition coefficient (Wildman–Crippen LogP) is 4.00. The molecule has 0 fully saturated rings. The number of benzene rings is 1. The Morgan fingerprint density at radius 3 is 2.65 bits per heavy atom. The van der Waals surface area contributed by atoms with Crippen LogP contribution >= 0.6 is 11.6 Å². The van der Waals surface area contributed by atoms with Gasteiger partial charge in [0.05, 0.1) is 24.9 Å². The molecule has 1 amide bonds. The molecule has 8 heteroatoms. The van der Waals surface area contributed by atoms with E-state index in [4.69, 9.17) is 21.1 Å². The van der Waals surface area contributed by atoms with Gasteiger partial charge in [-0.15, -0.1) is 0 Å². The van der Waals surface area contributed by atoms with Crippen molar-refractivity contribution < 1.29 is 14.3 Å². The van der Waals surface area contributed by atoms with Gasteiger partial charge in [0.15, 0.2) is 0 Å². The maximum Gasteiger partial charge on any atom is 0.274 e. The molecule has 0 aliphatic carbocycles. The van der Waals surface area contributed by atoms with Crippen LogP contribution in [0.15, 0.2) is 24.4 Å². The van der Waals surface area contributed by atoms with Crippen LogP contribution < -0.4 is 20.1 Å². The Balaban J connectivity index is 2.12. The Kier molecular flexibility index (Phi) is 7.47. The third-order valence-corrected chi connectivity index (χ3v) is 3.97. The molecular weight excluding hydrogens is 356 g/mol. The van der Waals surface area contributed by atoms with Gasteiger partial charge in [0, 0.05) is 24.9 Å². The van der Waals surface area contributed by atoms with Crippen molar-refractivity contribution in [2.45, 2.75) is 26.2 Å². The number of halogens is 1. The lowest BCUT2D eigenvalue weighted by atomic mass is 10.2. The molecule has 1 heterocycles. The molecule has 2 N–H and O–H groups in total. The van der Waals surface area contributed by atoms with E-state index in [1.807, 2.05) is 0 Å². The van der Waals surface area contributed by atoms with Crippen LogP contribution in [0, 0.1) is 0 Å². The number of hydrogen-bond acceptors (Lipinski definition) is 6. The first-order valence-electron chi connectivity index (χ1n) is 8.38. The Hall–Kier alpha value is -2.54. The fourth-order valence-corrected chi connectivity index (χ4v) is 2.52. The first kappa shape index (κ1) is 19.8. The summed E-state index contributed by atoms with van der Waals surface area (Å²) in [7, 11) is 3.00. The highest BCUT2D eigenvalue weighted by Gasteiger charge is 2.15. The first-order valence-corrected chi connectivity index (χ1v) is 8.76. The molecule has 0 radical (unpaired) electrons. The summed E-state index contributed by atoms with van der Waals surface area (Å²) in [6.45, 7) is 2.91. The van der Waals surface area contributed by atoms with E-state index in [1.54, 1.807) is 24.4 Å². The molecular formula is C18H23ClN4O3. The fourth-order valence-electron chi connectivity index (χ4n) is 2.29. The van der Waals surface area contributed by atoms with Crippen molar-refractivity contribution in [3.05, 3.63) is 35.1 Å². The van der Waals surface area contributed by atoms with E-state index in [0.29, 0.717) is 28.2 Å². The number of anilines is 2. The van der Waals surface area contributed by atoms with E-state index < -0.39 is 0 Å². The molecule has 2 aromatic rings. The quantitative estimate of drug-likeness (QED) is 0.641. The first-order chi connectivity index (χ1) is 12.6. The Morgan fingerprint density at radius 2 is 1.96 bits per heavy atom. The van der Waals surface area contributed by atoms with Crippen LogP contribution in [-0.2, 0) is 0 Å². The van der Waals surface area contributed by atoms with E-state index in [2.05, 4.69) is 27.5 Å². The van der Waals surface area contributed by atoms with E-state index in [-0.39, 0.29) is 11.6 Å². The smallest absolute Gasteiger partial charge is 0.274 e. The Labute approximate surface area is 158 Å². The number of rotatable bonds is 9. The Bertz CT molecular complexity index is 755. The lowest BCUT2D eigenvalue weighted by molar-refractivity contribution is 0.102. The largest absolute Gasteiger partial charge is 0.495 e. The fraction of sp³-hybridized carbons (Fsp3) is 0.389. The van der Waals surface area contributed by atoms with Crippen LogP contribution in [0.1, 0.15) is 36.7 Å². The highest BCUT2D eigenvalue weighted by Crippen LogP contribution is 2.36. The van der Waals surface area contributed by atoms with E-state index in [9.17, 15) is 4.79 Å². The van der Waals surface area contributed by atoms with Crippen molar-refractivity contribution in [1.82, 2.24) is 9.97 Å². The number of carbonyl (C=O) groups excluding carboxylic acids is 1. The molecule has 0 spiro atoms. The molecule has 1 aromatic heterocycles. The molecule has 0 saturated carbocycles. The molecule has 7 nitrogen and oxygen atoms in total. The van der Waals surface area contributed by atoms with Gasteiger partial charge in [-0.25, -0.2) is 9.97 Å². The summed E-state index contributed by atoms with van der Waals surface area (Å²) in [5.74, 6) is 0.904. The molecule has 26 heavy (non-hydrogen) atoms. The third kappa shape index (κ3) is 5.23. The zero-order chi connectivity index (χ0) is 18.9. The summed E-state index contributed by atoms with van der Waals surface area (Å²) in [6, 6.07) is 4.73. The summed E-state index contributed by atoms with van der Waals surface area (Å²) in [4.78, 5) is 20.9. The second-order valence-corrected chi connectivity index (χ2v) is 5.95. The molecule has 0 bridgehead atoms. The van der Waals surface area contributed by atoms with Gasteiger partial charge in [0.2, 0.25) is 5.95 Å². The minimum atomic E-state index is -0.383. The predicted molar refractivity (Wildman–Crippen MR) is 103 cm³/mol. The highest BCUT2D eigenvalue weighted by molar-refractivity contribution is 6.32. The molecule has 2 rings (SSSR count). The summed E-state index contributed by atoms with van der Waals surface area (Å²) < 4.78 is 10.4. The van der Waals surface area contributed by atoms with Gasteiger partial charge in [-0.2, -0.15) is 0 Å². The average Bonchev–Trinajstić information content (AvgIpc) is 2.66. The normalized spacial score (nSPS) is 10.3. The number of ether oxygens (including phenoxy) is 2. The average molecular weight is 379 g/mol. The van der Waals surface area contributed by atoms with E-state index in [1.165, 1.54) is 14.2 Å². The minimum Gasteiger partial charge on any atom is -0.495 e. The standard InChI is InChI=1S/C18H23ClN4O3/c1-4-5-6-8-20-18-21-9-7-13(23-18)17(24)22-14-11-15(25-2)12(19)10-16(14)26-3/h7,9-11H,4-6,8H2,1-3H3,(H,22,24)(H,20,21,23). The molecule has 1 aromatic carbocycles. The monoisotopic (exact) mass is 378 g/mol. The molecule has 0 aliphatic rings. The number of unbranched alkanes of at least 4 members (excludes halogenated alkanes) is 2. The minimum absolute atomic E-state index is 0.244. The van der Waals surface area contributed by atoms with Crippen molar-refractivity contribution in [3.63, 3.8) is 0 Å². The summed E-state index contributed by atoms with van der Waals surface area (Å²) in [6.07, 6.45) is 4.84.